The second-order valence-corrected chi connectivity index (χ2v) is 2.98. The van der Waals surface area contributed by atoms with Gasteiger partial charge in [0.1, 0.15) is 0 Å². The molecule has 0 rings (SSSR count). The molecular weight excluding hydrogens is 177 g/mol. The molecule has 0 fully saturated rings. The van der Waals surface area contributed by atoms with E-state index >= 15 is 0 Å². The standard InChI is InChI=1S/C4H11O3P.C3H9N/c1-3-6-8(5)7-4-2;1-2-3-4/h8H,3-4H2,1-2H3;2-4H2,1H3. The van der Waals surface area contributed by atoms with Gasteiger partial charge in [0.2, 0.25) is 0 Å². The average molecular weight is 197 g/mol. The molecule has 0 amide bonds. The molecule has 0 aliphatic rings. The van der Waals surface area contributed by atoms with Crippen LogP contribution in [0.5, 0.6) is 0 Å². The van der Waals surface area contributed by atoms with Crippen LogP contribution in [0, 0.1) is 0 Å². The van der Waals surface area contributed by atoms with Crippen LogP contribution in [0.1, 0.15) is 27.2 Å². The molecule has 2 N–H and O–H groups in total. The zero-order valence-electron chi connectivity index (χ0n) is 8.13. The predicted molar refractivity (Wildman–Crippen MR) is 51.6 cm³/mol. The number of nitrogens with two attached hydrogens (primary N) is 1. The monoisotopic (exact) mass is 197 g/mol. The highest BCUT2D eigenvalue weighted by atomic mass is 31.1. The van der Waals surface area contributed by atoms with Crippen LogP contribution in [0.3, 0.4) is 0 Å². The molecule has 0 heterocycles. The van der Waals surface area contributed by atoms with Gasteiger partial charge in [0, 0.05) is 0 Å². The van der Waals surface area contributed by atoms with Crippen molar-refractivity contribution < 1.29 is 13.6 Å². The van der Waals surface area contributed by atoms with E-state index in [0.29, 0.717) is 13.2 Å². The molecule has 0 aromatic rings. The third-order valence-electron chi connectivity index (χ3n) is 0.813. The number of hydrogen-bond donors (Lipinski definition) is 1. The molecule has 0 aromatic carbocycles. The minimum atomic E-state index is -2.14. The van der Waals surface area contributed by atoms with Gasteiger partial charge in [-0.2, -0.15) is 0 Å². The van der Waals surface area contributed by atoms with Gasteiger partial charge in [0.05, 0.1) is 13.2 Å². The molecule has 0 spiro atoms. The highest BCUT2D eigenvalue weighted by molar-refractivity contribution is 7.33. The highest BCUT2D eigenvalue weighted by Crippen LogP contribution is 2.21. The third kappa shape index (κ3) is 16.6. The first kappa shape index (κ1) is 14.6. The van der Waals surface area contributed by atoms with Crippen molar-refractivity contribution in [1.29, 1.82) is 0 Å². The second kappa shape index (κ2) is 13.7. The fraction of sp³-hybridized carbons (Fsp3) is 1.00. The maximum Gasteiger partial charge on any atom is 0.319 e. The Hall–Kier alpha value is 0.110. The van der Waals surface area contributed by atoms with E-state index < -0.39 is 8.25 Å². The molecule has 0 aliphatic heterocycles. The Morgan fingerprint density at radius 3 is 1.67 bits per heavy atom. The summed E-state index contributed by atoms with van der Waals surface area (Å²) in [6, 6.07) is 0. The third-order valence-corrected chi connectivity index (χ3v) is 1.86. The molecular formula is C7H20NO3P. The Morgan fingerprint density at radius 1 is 1.17 bits per heavy atom. The lowest BCUT2D eigenvalue weighted by atomic mass is 10.5. The summed E-state index contributed by atoms with van der Waals surface area (Å²) in [6.45, 7) is 7.35. The molecule has 12 heavy (non-hydrogen) atoms. The lowest BCUT2D eigenvalue weighted by Gasteiger charge is -1.97. The van der Waals surface area contributed by atoms with E-state index in [-0.39, 0.29) is 0 Å². The Kier molecular flexibility index (Phi) is 16.7. The van der Waals surface area contributed by atoms with Gasteiger partial charge in [-0.3, -0.25) is 4.57 Å². The molecule has 0 aromatic heterocycles. The molecule has 0 saturated heterocycles. The number of rotatable bonds is 5. The summed E-state index contributed by atoms with van der Waals surface area (Å²) in [5.41, 5.74) is 5.03. The van der Waals surface area contributed by atoms with E-state index in [1.54, 1.807) is 13.8 Å². The number of hydrogen-bond acceptors (Lipinski definition) is 4. The van der Waals surface area contributed by atoms with Crippen LogP contribution in [0.4, 0.5) is 0 Å². The van der Waals surface area contributed by atoms with Crippen LogP contribution in [0.25, 0.3) is 0 Å². The van der Waals surface area contributed by atoms with E-state index in [9.17, 15) is 4.57 Å². The largest absolute Gasteiger partial charge is 0.330 e. The molecule has 4 nitrogen and oxygen atoms in total. The zero-order chi connectivity index (χ0) is 9.82. The van der Waals surface area contributed by atoms with Crippen molar-refractivity contribution >= 4 is 8.25 Å². The van der Waals surface area contributed by atoms with Gasteiger partial charge < -0.3 is 14.8 Å². The smallest absolute Gasteiger partial charge is 0.319 e. The Labute approximate surface area is 75.4 Å². The SMILES string of the molecule is CCCN.CCO[PH](=O)OCC. The summed E-state index contributed by atoms with van der Waals surface area (Å²) < 4.78 is 19.6. The van der Waals surface area contributed by atoms with Crippen molar-refractivity contribution in [3.8, 4) is 0 Å². The van der Waals surface area contributed by atoms with Gasteiger partial charge in [-0.15, -0.1) is 0 Å². The predicted octanol–water partition coefficient (Wildman–Crippen LogP) is 1.80. The van der Waals surface area contributed by atoms with Gasteiger partial charge >= 0.3 is 8.25 Å². The minimum absolute atomic E-state index is 0.456. The molecule has 0 atom stereocenters. The van der Waals surface area contributed by atoms with Crippen LogP contribution in [-0.2, 0) is 13.6 Å². The average Bonchev–Trinajstić information content (AvgIpc) is 2.06. The summed E-state index contributed by atoms with van der Waals surface area (Å²) in [6.07, 6.45) is 1.10. The Morgan fingerprint density at radius 2 is 1.50 bits per heavy atom. The van der Waals surface area contributed by atoms with E-state index in [2.05, 4.69) is 16.0 Å². The van der Waals surface area contributed by atoms with E-state index in [0.717, 1.165) is 13.0 Å². The molecule has 0 aliphatic carbocycles. The molecule has 76 valence electrons. The van der Waals surface area contributed by atoms with E-state index in [1.165, 1.54) is 0 Å². The van der Waals surface area contributed by atoms with Crippen LogP contribution in [0.2, 0.25) is 0 Å². The van der Waals surface area contributed by atoms with Gasteiger partial charge in [0.15, 0.2) is 0 Å². The summed E-state index contributed by atoms with van der Waals surface area (Å²) in [7, 11) is -2.14. The lowest BCUT2D eigenvalue weighted by Crippen LogP contribution is -1.93. The van der Waals surface area contributed by atoms with Crippen molar-refractivity contribution in [2.24, 2.45) is 5.73 Å². The van der Waals surface area contributed by atoms with Crippen LogP contribution in [0.15, 0.2) is 0 Å². The summed E-state index contributed by atoms with van der Waals surface area (Å²) in [4.78, 5) is 0. The van der Waals surface area contributed by atoms with E-state index in [4.69, 9.17) is 5.73 Å². The topological polar surface area (TPSA) is 61.5 Å². The normalized spacial score (nSPS) is 9.42. The summed E-state index contributed by atoms with van der Waals surface area (Å²) >= 11 is 0. The van der Waals surface area contributed by atoms with Crippen molar-refractivity contribution in [1.82, 2.24) is 0 Å². The van der Waals surface area contributed by atoms with Crippen LogP contribution >= 0.6 is 8.25 Å². The fourth-order valence-corrected chi connectivity index (χ4v) is 0.832. The molecule has 0 bridgehead atoms. The van der Waals surface area contributed by atoms with Gasteiger partial charge in [-0.25, -0.2) is 0 Å². The van der Waals surface area contributed by atoms with Crippen LogP contribution < -0.4 is 5.73 Å². The quantitative estimate of drug-likeness (QED) is 0.683. The highest BCUT2D eigenvalue weighted by Gasteiger charge is 1.91. The Bertz CT molecular complexity index is 90.7. The van der Waals surface area contributed by atoms with Gasteiger partial charge in [-0.1, -0.05) is 6.92 Å². The van der Waals surface area contributed by atoms with E-state index in [1.807, 2.05) is 0 Å². The zero-order valence-corrected chi connectivity index (χ0v) is 9.13. The molecule has 5 heteroatoms. The Balaban J connectivity index is 0. The maximum atomic E-state index is 10.4. The maximum absolute atomic E-state index is 10.4. The molecule has 0 radical (unpaired) electrons. The van der Waals surface area contributed by atoms with Crippen molar-refractivity contribution in [3.63, 3.8) is 0 Å². The van der Waals surface area contributed by atoms with Crippen molar-refractivity contribution in [3.05, 3.63) is 0 Å². The minimum Gasteiger partial charge on any atom is -0.330 e. The summed E-state index contributed by atoms with van der Waals surface area (Å²) in [5.74, 6) is 0. The van der Waals surface area contributed by atoms with Gasteiger partial charge in [0.25, 0.3) is 0 Å². The van der Waals surface area contributed by atoms with Crippen molar-refractivity contribution in [2.45, 2.75) is 27.2 Å². The summed E-state index contributed by atoms with van der Waals surface area (Å²) in [5, 5.41) is 0. The fourth-order valence-electron chi connectivity index (χ4n) is 0.277. The van der Waals surface area contributed by atoms with Crippen LogP contribution in [-0.4, -0.2) is 19.8 Å². The first-order valence-electron chi connectivity index (χ1n) is 4.22. The lowest BCUT2D eigenvalue weighted by molar-refractivity contribution is 0.243. The van der Waals surface area contributed by atoms with Crippen molar-refractivity contribution in [2.75, 3.05) is 19.8 Å². The molecule has 0 unspecified atom stereocenters. The first-order valence-corrected chi connectivity index (χ1v) is 5.44. The van der Waals surface area contributed by atoms with Gasteiger partial charge in [-0.05, 0) is 26.8 Å². The molecule has 0 saturated carbocycles. The second-order valence-electron chi connectivity index (χ2n) is 1.90. The first-order chi connectivity index (χ1) is 5.72.